The number of phenols is 1. The Hall–Kier alpha value is -1.81. The van der Waals surface area contributed by atoms with Crippen LogP contribution < -0.4 is 10.6 Å². The average molecular weight is 502 g/mol. The number of hydrogen-bond donors (Lipinski definition) is 3. The summed E-state index contributed by atoms with van der Waals surface area (Å²) >= 11 is 1.76. The van der Waals surface area contributed by atoms with Gasteiger partial charge in [-0.3, -0.25) is 9.79 Å². The number of nitrogens with one attached hydrogen (secondary N) is 2. The quantitative estimate of drug-likeness (QED) is 0.225. The summed E-state index contributed by atoms with van der Waals surface area (Å²) in [4.78, 5) is 20.1. The molecule has 0 aliphatic carbocycles. The molecule has 2 aromatic rings. The number of nitrogens with zero attached hydrogens (tertiary/aromatic N) is 2. The number of guanidine groups is 1. The van der Waals surface area contributed by atoms with Crippen LogP contribution in [0, 0.1) is 0 Å². The van der Waals surface area contributed by atoms with Crippen LogP contribution in [0.15, 0.2) is 46.8 Å². The second-order valence-electron chi connectivity index (χ2n) is 5.79. The lowest BCUT2D eigenvalue weighted by Crippen LogP contribution is -2.40. The lowest BCUT2D eigenvalue weighted by Gasteiger charge is -2.21. The van der Waals surface area contributed by atoms with E-state index in [0.717, 1.165) is 25.5 Å². The zero-order valence-electron chi connectivity index (χ0n) is 15.6. The fourth-order valence-electron chi connectivity index (χ4n) is 2.35. The van der Waals surface area contributed by atoms with Crippen molar-refractivity contribution in [3.8, 4) is 5.75 Å². The summed E-state index contributed by atoms with van der Waals surface area (Å²) in [5.74, 6) is 0.811. The molecule has 0 spiro atoms. The summed E-state index contributed by atoms with van der Waals surface area (Å²) in [5, 5.41) is 17.5. The van der Waals surface area contributed by atoms with Crippen LogP contribution >= 0.6 is 35.3 Å². The molecule has 0 aliphatic heterocycles. The first-order chi connectivity index (χ1) is 12.6. The number of halogens is 1. The summed E-state index contributed by atoms with van der Waals surface area (Å²) in [5.41, 5.74) is 0.520. The van der Waals surface area contributed by atoms with E-state index in [1.165, 1.54) is 17.0 Å². The summed E-state index contributed by atoms with van der Waals surface area (Å²) in [6.07, 6.45) is 0.982. The third-order valence-corrected chi connectivity index (χ3v) is 4.69. The van der Waals surface area contributed by atoms with Gasteiger partial charge in [-0.1, -0.05) is 6.07 Å². The highest BCUT2D eigenvalue weighted by molar-refractivity contribution is 14.0. The fraction of sp³-hybridized carbons (Fsp3) is 0.368. The van der Waals surface area contributed by atoms with E-state index >= 15 is 0 Å². The Labute approximate surface area is 181 Å². The second kappa shape index (κ2) is 12.6. The topological polar surface area (TPSA) is 77.0 Å². The van der Waals surface area contributed by atoms with Crippen molar-refractivity contribution in [3.63, 3.8) is 0 Å². The normalized spacial score (nSPS) is 10.8. The highest BCUT2D eigenvalue weighted by Crippen LogP contribution is 2.10. The molecule has 0 atom stereocenters. The molecule has 1 heterocycles. The highest BCUT2D eigenvalue weighted by atomic mass is 127. The molecule has 0 saturated heterocycles. The van der Waals surface area contributed by atoms with Crippen LogP contribution in [0.1, 0.15) is 22.2 Å². The van der Waals surface area contributed by atoms with Gasteiger partial charge in [-0.15, -0.1) is 35.3 Å². The van der Waals surface area contributed by atoms with Crippen molar-refractivity contribution in [1.82, 2.24) is 15.5 Å². The van der Waals surface area contributed by atoms with Gasteiger partial charge in [0.25, 0.3) is 5.91 Å². The number of aliphatic imine (C=N–C) groups is 1. The lowest BCUT2D eigenvalue weighted by molar-refractivity contribution is 0.0955. The molecular formula is C19H27IN4O2S. The Kier molecular flexibility index (Phi) is 10.8. The van der Waals surface area contributed by atoms with Crippen molar-refractivity contribution >= 4 is 47.2 Å². The monoisotopic (exact) mass is 502 g/mol. The molecule has 8 heteroatoms. The standard InChI is InChI=1S/C19H26N4O2S.HI/c1-3-20-19(23(2)13-10-17-5-4-14-26-17)22-12-11-21-18(25)15-6-8-16(24)9-7-15;/h4-9,14,24H,3,10-13H2,1-2H3,(H,20,22)(H,21,25);1H. The number of carbonyl (C=O) groups excluding carboxylic acids is 1. The van der Waals surface area contributed by atoms with Gasteiger partial charge >= 0.3 is 0 Å². The summed E-state index contributed by atoms with van der Waals surface area (Å²) in [6, 6.07) is 10.4. The van der Waals surface area contributed by atoms with Crippen LogP contribution in [0.4, 0.5) is 0 Å². The van der Waals surface area contributed by atoms with E-state index < -0.39 is 0 Å². The molecule has 1 amide bonds. The number of benzene rings is 1. The van der Waals surface area contributed by atoms with Gasteiger partial charge in [0.1, 0.15) is 5.75 Å². The van der Waals surface area contributed by atoms with E-state index in [9.17, 15) is 9.90 Å². The predicted molar refractivity (Wildman–Crippen MR) is 122 cm³/mol. The number of likely N-dealkylation sites (N-methyl/N-ethyl adjacent to an activating group) is 1. The number of carbonyl (C=O) groups is 1. The average Bonchev–Trinajstić information content (AvgIpc) is 3.16. The van der Waals surface area contributed by atoms with Crippen LogP contribution in [0.5, 0.6) is 5.75 Å². The van der Waals surface area contributed by atoms with Crippen molar-refractivity contribution in [3.05, 3.63) is 52.2 Å². The molecule has 148 valence electrons. The maximum Gasteiger partial charge on any atom is 0.251 e. The van der Waals surface area contributed by atoms with E-state index in [0.29, 0.717) is 18.7 Å². The smallest absolute Gasteiger partial charge is 0.251 e. The van der Waals surface area contributed by atoms with Crippen LogP contribution in [0.2, 0.25) is 0 Å². The SMILES string of the molecule is CCNC(=NCCNC(=O)c1ccc(O)cc1)N(C)CCc1cccs1.I. The number of aromatic hydroxyl groups is 1. The Bertz CT molecular complexity index is 705. The summed E-state index contributed by atoms with van der Waals surface area (Å²) in [7, 11) is 2.02. The van der Waals surface area contributed by atoms with Gasteiger partial charge in [-0.25, -0.2) is 0 Å². The molecule has 0 radical (unpaired) electrons. The van der Waals surface area contributed by atoms with Crippen molar-refractivity contribution in [2.24, 2.45) is 4.99 Å². The van der Waals surface area contributed by atoms with Gasteiger partial charge in [-0.2, -0.15) is 0 Å². The van der Waals surface area contributed by atoms with Gasteiger partial charge in [-0.05, 0) is 49.1 Å². The maximum absolute atomic E-state index is 12.0. The third kappa shape index (κ3) is 8.17. The molecular weight excluding hydrogens is 475 g/mol. The predicted octanol–water partition coefficient (Wildman–Crippen LogP) is 2.94. The van der Waals surface area contributed by atoms with Crippen LogP contribution in [-0.4, -0.2) is 55.1 Å². The summed E-state index contributed by atoms with van der Waals surface area (Å²) < 4.78 is 0. The molecule has 2 rings (SSSR count). The zero-order chi connectivity index (χ0) is 18.8. The first-order valence-corrected chi connectivity index (χ1v) is 9.57. The van der Waals surface area contributed by atoms with Crippen molar-refractivity contribution in [2.45, 2.75) is 13.3 Å². The van der Waals surface area contributed by atoms with Gasteiger partial charge in [0.15, 0.2) is 5.96 Å². The number of thiophene rings is 1. The zero-order valence-corrected chi connectivity index (χ0v) is 18.8. The third-order valence-electron chi connectivity index (χ3n) is 3.76. The van der Waals surface area contributed by atoms with Crippen molar-refractivity contribution < 1.29 is 9.90 Å². The number of phenolic OH excluding ortho intramolecular Hbond substituents is 1. The van der Waals surface area contributed by atoms with Crippen LogP contribution in [0.25, 0.3) is 0 Å². The second-order valence-corrected chi connectivity index (χ2v) is 6.82. The summed E-state index contributed by atoms with van der Waals surface area (Å²) in [6.45, 7) is 4.66. The Morgan fingerprint density at radius 1 is 1.22 bits per heavy atom. The van der Waals surface area contributed by atoms with Gasteiger partial charge in [0.05, 0.1) is 6.54 Å². The van der Waals surface area contributed by atoms with E-state index in [2.05, 4.69) is 38.0 Å². The molecule has 3 N–H and O–H groups in total. The molecule has 0 unspecified atom stereocenters. The van der Waals surface area contributed by atoms with Gasteiger partial charge < -0.3 is 20.6 Å². The fourth-order valence-corrected chi connectivity index (χ4v) is 3.05. The number of amides is 1. The highest BCUT2D eigenvalue weighted by Gasteiger charge is 2.07. The van der Waals surface area contributed by atoms with Gasteiger partial charge in [0, 0.05) is 37.1 Å². The minimum atomic E-state index is -0.170. The van der Waals surface area contributed by atoms with E-state index in [4.69, 9.17) is 0 Å². The molecule has 0 aliphatic rings. The number of hydrogen-bond acceptors (Lipinski definition) is 4. The molecule has 1 aromatic carbocycles. The molecule has 0 fully saturated rings. The Morgan fingerprint density at radius 3 is 2.59 bits per heavy atom. The van der Waals surface area contributed by atoms with E-state index in [1.807, 2.05) is 14.0 Å². The first kappa shape index (κ1) is 23.2. The molecule has 0 bridgehead atoms. The molecule has 0 saturated carbocycles. The Balaban J connectivity index is 0.00000364. The first-order valence-electron chi connectivity index (χ1n) is 8.69. The van der Waals surface area contributed by atoms with E-state index in [-0.39, 0.29) is 35.6 Å². The Morgan fingerprint density at radius 2 is 1.96 bits per heavy atom. The minimum absolute atomic E-state index is 0. The number of rotatable bonds is 8. The largest absolute Gasteiger partial charge is 0.508 e. The molecule has 1 aromatic heterocycles. The molecule has 6 nitrogen and oxygen atoms in total. The van der Waals surface area contributed by atoms with Crippen LogP contribution in [-0.2, 0) is 6.42 Å². The van der Waals surface area contributed by atoms with Crippen molar-refractivity contribution in [2.75, 3.05) is 33.2 Å². The minimum Gasteiger partial charge on any atom is -0.508 e. The van der Waals surface area contributed by atoms with Crippen LogP contribution in [0.3, 0.4) is 0 Å². The van der Waals surface area contributed by atoms with Gasteiger partial charge in [0.2, 0.25) is 0 Å². The lowest BCUT2D eigenvalue weighted by atomic mass is 10.2. The van der Waals surface area contributed by atoms with Crippen molar-refractivity contribution in [1.29, 1.82) is 0 Å². The van der Waals surface area contributed by atoms with E-state index in [1.54, 1.807) is 23.5 Å². The molecule has 27 heavy (non-hydrogen) atoms. The maximum atomic E-state index is 12.0.